The van der Waals surface area contributed by atoms with Crippen molar-refractivity contribution in [1.82, 2.24) is 0 Å². The Balaban J connectivity index is 1.62. The van der Waals surface area contributed by atoms with Crippen molar-refractivity contribution in [2.24, 2.45) is 5.41 Å². The summed E-state index contributed by atoms with van der Waals surface area (Å²) >= 11 is 0. The molecule has 18 heavy (non-hydrogen) atoms. The van der Waals surface area contributed by atoms with Crippen LogP contribution >= 0.6 is 0 Å². The summed E-state index contributed by atoms with van der Waals surface area (Å²) in [5.41, 5.74) is 2.75. The summed E-state index contributed by atoms with van der Waals surface area (Å²) in [5, 5.41) is 8.86. The molecule has 96 valence electrons. The minimum absolute atomic E-state index is 0.0924. The molecule has 1 saturated carbocycles. The van der Waals surface area contributed by atoms with Gasteiger partial charge in [0.25, 0.3) is 0 Å². The third kappa shape index (κ3) is 2.35. The fraction of sp³-hybridized carbons (Fsp3) is 0.533. The molecule has 3 nitrogen and oxygen atoms in total. The highest BCUT2D eigenvalue weighted by atomic mass is 16.5. The Labute approximate surface area is 107 Å². The Morgan fingerprint density at radius 2 is 2.06 bits per heavy atom. The van der Waals surface area contributed by atoms with Crippen molar-refractivity contribution in [3.05, 3.63) is 29.3 Å². The summed E-state index contributed by atoms with van der Waals surface area (Å²) in [6, 6.07) is 6.29. The van der Waals surface area contributed by atoms with Crippen molar-refractivity contribution in [3.63, 3.8) is 0 Å². The Hall–Kier alpha value is -1.51. The number of hydrogen-bond donors (Lipinski definition) is 1. The fourth-order valence-electron chi connectivity index (χ4n) is 2.74. The highest BCUT2D eigenvalue weighted by Crippen LogP contribution is 2.49. The number of ether oxygens (including phenoxy) is 1. The maximum Gasteiger partial charge on any atom is 0.304 e. The minimum Gasteiger partial charge on any atom is -0.493 e. The first kappa shape index (κ1) is 11.6. The molecular formula is C15H18O3. The van der Waals surface area contributed by atoms with Gasteiger partial charge in [-0.3, -0.25) is 4.79 Å². The average Bonchev–Trinajstić information content (AvgIpc) is 2.92. The number of benzene rings is 1. The lowest BCUT2D eigenvalue weighted by Gasteiger charge is -2.14. The molecule has 0 saturated heterocycles. The number of carboxylic acid groups (broad SMARTS) is 1. The molecule has 0 aliphatic heterocycles. The Morgan fingerprint density at radius 1 is 1.28 bits per heavy atom. The molecule has 0 unspecified atom stereocenters. The van der Waals surface area contributed by atoms with Crippen LogP contribution < -0.4 is 4.74 Å². The van der Waals surface area contributed by atoms with Crippen LogP contribution in [-0.4, -0.2) is 17.7 Å². The van der Waals surface area contributed by atoms with Gasteiger partial charge in [-0.2, -0.15) is 0 Å². The zero-order chi connectivity index (χ0) is 12.6. The molecular weight excluding hydrogens is 228 g/mol. The van der Waals surface area contributed by atoms with Gasteiger partial charge in [0.1, 0.15) is 5.75 Å². The van der Waals surface area contributed by atoms with Crippen molar-refractivity contribution in [1.29, 1.82) is 0 Å². The van der Waals surface area contributed by atoms with Crippen LogP contribution in [0, 0.1) is 5.41 Å². The smallest absolute Gasteiger partial charge is 0.304 e. The number of aliphatic carboxylic acids is 1. The van der Waals surface area contributed by atoms with Crippen LogP contribution in [0.15, 0.2) is 18.2 Å². The zero-order valence-electron chi connectivity index (χ0n) is 10.4. The van der Waals surface area contributed by atoms with Gasteiger partial charge < -0.3 is 9.84 Å². The van der Waals surface area contributed by atoms with E-state index in [2.05, 4.69) is 12.1 Å². The summed E-state index contributed by atoms with van der Waals surface area (Å²) in [4.78, 5) is 10.8. The van der Waals surface area contributed by atoms with E-state index < -0.39 is 5.97 Å². The lowest BCUT2D eigenvalue weighted by atomic mass is 10.0. The van der Waals surface area contributed by atoms with Gasteiger partial charge >= 0.3 is 5.97 Å². The summed E-state index contributed by atoms with van der Waals surface area (Å²) in [6.07, 6.45) is 5.75. The first-order chi connectivity index (χ1) is 8.67. The van der Waals surface area contributed by atoms with E-state index >= 15 is 0 Å². The fourth-order valence-corrected chi connectivity index (χ4v) is 2.74. The molecule has 1 aromatic carbocycles. The average molecular weight is 246 g/mol. The number of rotatable bonds is 5. The summed E-state index contributed by atoms with van der Waals surface area (Å²) in [5.74, 6) is 0.178. The van der Waals surface area contributed by atoms with Crippen molar-refractivity contribution >= 4 is 5.97 Å². The lowest BCUT2D eigenvalue weighted by Crippen LogP contribution is -2.17. The second kappa shape index (κ2) is 4.30. The SMILES string of the molecule is O=C(O)CC1(COc2ccc3c(c2)CCC3)CC1. The van der Waals surface area contributed by atoms with Gasteiger partial charge in [0, 0.05) is 5.41 Å². The number of carboxylic acids is 1. The number of hydrogen-bond acceptors (Lipinski definition) is 2. The van der Waals surface area contributed by atoms with Crippen LogP contribution in [-0.2, 0) is 17.6 Å². The first-order valence-electron chi connectivity index (χ1n) is 6.63. The molecule has 2 aliphatic carbocycles. The van der Waals surface area contributed by atoms with Gasteiger partial charge in [0.2, 0.25) is 0 Å². The Bertz CT molecular complexity index is 475. The third-order valence-electron chi connectivity index (χ3n) is 4.10. The molecule has 0 atom stereocenters. The number of fused-ring (bicyclic) bond motifs is 1. The van der Waals surface area contributed by atoms with E-state index in [-0.39, 0.29) is 11.8 Å². The van der Waals surface area contributed by atoms with Gasteiger partial charge in [-0.1, -0.05) is 6.07 Å². The van der Waals surface area contributed by atoms with Gasteiger partial charge in [0.15, 0.2) is 0 Å². The van der Waals surface area contributed by atoms with Gasteiger partial charge in [-0.05, 0) is 55.4 Å². The summed E-state index contributed by atoms with van der Waals surface area (Å²) in [7, 11) is 0. The van der Waals surface area contributed by atoms with Crippen LogP contribution in [0.2, 0.25) is 0 Å². The molecule has 0 radical (unpaired) electrons. The van der Waals surface area contributed by atoms with Crippen molar-refractivity contribution in [2.75, 3.05) is 6.61 Å². The molecule has 0 aromatic heterocycles. The minimum atomic E-state index is -0.718. The first-order valence-corrected chi connectivity index (χ1v) is 6.63. The van der Waals surface area contributed by atoms with Crippen LogP contribution in [0.3, 0.4) is 0 Å². The van der Waals surface area contributed by atoms with Crippen molar-refractivity contribution < 1.29 is 14.6 Å². The highest BCUT2D eigenvalue weighted by molar-refractivity contribution is 5.68. The zero-order valence-corrected chi connectivity index (χ0v) is 10.4. The molecule has 0 bridgehead atoms. The van der Waals surface area contributed by atoms with E-state index in [0.717, 1.165) is 25.0 Å². The molecule has 1 N–H and O–H groups in total. The Morgan fingerprint density at radius 3 is 2.78 bits per heavy atom. The predicted molar refractivity (Wildman–Crippen MR) is 67.9 cm³/mol. The highest BCUT2D eigenvalue weighted by Gasteiger charge is 2.45. The normalized spacial score (nSPS) is 19.3. The monoisotopic (exact) mass is 246 g/mol. The molecule has 3 heteroatoms. The van der Waals surface area contributed by atoms with E-state index in [1.165, 1.54) is 24.0 Å². The molecule has 0 spiro atoms. The second-order valence-corrected chi connectivity index (χ2v) is 5.64. The molecule has 1 fully saturated rings. The van der Waals surface area contributed by atoms with Gasteiger partial charge in [-0.25, -0.2) is 0 Å². The van der Waals surface area contributed by atoms with Crippen molar-refractivity contribution in [3.8, 4) is 5.75 Å². The molecule has 2 aliphatic rings. The summed E-state index contributed by atoms with van der Waals surface area (Å²) in [6.45, 7) is 0.540. The largest absolute Gasteiger partial charge is 0.493 e. The van der Waals surface area contributed by atoms with E-state index in [1.54, 1.807) is 0 Å². The van der Waals surface area contributed by atoms with E-state index in [1.807, 2.05) is 6.07 Å². The third-order valence-corrected chi connectivity index (χ3v) is 4.10. The van der Waals surface area contributed by atoms with E-state index in [0.29, 0.717) is 6.61 Å². The molecule has 3 rings (SSSR count). The lowest BCUT2D eigenvalue weighted by molar-refractivity contribution is -0.138. The quantitative estimate of drug-likeness (QED) is 0.869. The van der Waals surface area contributed by atoms with Crippen molar-refractivity contribution in [2.45, 2.75) is 38.5 Å². The van der Waals surface area contributed by atoms with Crippen LogP contribution in [0.4, 0.5) is 0 Å². The molecule has 0 amide bonds. The second-order valence-electron chi connectivity index (χ2n) is 5.64. The van der Waals surface area contributed by atoms with Crippen LogP contribution in [0.25, 0.3) is 0 Å². The van der Waals surface area contributed by atoms with E-state index in [9.17, 15) is 4.79 Å². The Kier molecular flexibility index (Phi) is 2.77. The van der Waals surface area contributed by atoms with Gasteiger partial charge in [-0.15, -0.1) is 0 Å². The van der Waals surface area contributed by atoms with E-state index in [4.69, 9.17) is 9.84 Å². The summed E-state index contributed by atoms with van der Waals surface area (Å²) < 4.78 is 5.80. The number of aryl methyl sites for hydroxylation is 2. The molecule has 0 heterocycles. The molecule has 1 aromatic rings. The number of carbonyl (C=O) groups is 1. The topological polar surface area (TPSA) is 46.5 Å². The maximum atomic E-state index is 10.8. The standard InChI is InChI=1S/C15H18O3/c16-14(17)9-15(6-7-15)10-18-13-5-4-11-2-1-3-12(11)8-13/h4-5,8H,1-3,6-7,9-10H2,(H,16,17). The van der Waals surface area contributed by atoms with Crippen LogP contribution in [0.5, 0.6) is 5.75 Å². The maximum absolute atomic E-state index is 10.8. The van der Waals surface area contributed by atoms with Gasteiger partial charge in [0.05, 0.1) is 13.0 Å². The predicted octanol–water partition coefficient (Wildman–Crippen LogP) is 2.81. The van der Waals surface area contributed by atoms with Crippen LogP contribution in [0.1, 0.15) is 36.8 Å².